The van der Waals surface area contributed by atoms with E-state index in [1.54, 1.807) is 12.3 Å². The Morgan fingerprint density at radius 2 is 1.85 bits per heavy atom. The first-order valence-electron chi connectivity index (χ1n) is 9.09. The first kappa shape index (κ1) is 19.4. The van der Waals surface area contributed by atoms with Crippen LogP contribution >= 0.6 is 11.6 Å². The average Bonchev–Trinajstić information content (AvgIpc) is 2.71. The number of piperazine rings is 1. The highest BCUT2D eigenvalue weighted by Crippen LogP contribution is 2.15. The van der Waals surface area contributed by atoms with Crippen molar-refractivity contribution >= 4 is 23.6 Å². The lowest BCUT2D eigenvalue weighted by atomic mass is 10.2. The van der Waals surface area contributed by atoms with Gasteiger partial charge < -0.3 is 14.5 Å². The largest absolute Gasteiger partial charge is 0.492 e. The summed E-state index contributed by atoms with van der Waals surface area (Å²) in [6, 6.07) is 11.5. The van der Waals surface area contributed by atoms with Crippen molar-refractivity contribution in [3.63, 3.8) is 0 Å². The van der Waals surface area contributed by atoms with Gasteiger partial charge in [-0.25, -0.2) is 0 Å². The molecule has 1 saturated heterocycles. The zero-order valence-electron chi connectivity index (χ0n) is 15.4. The SMILES string of the molecule is CCO/N=C/c1ccc(OCCN2CCN(c3ccc(Cl)nn3)CC2)cc1. The molecule has 0 amide bonds. The zero-order valence-corrected chi connectivity index (χ0v) is 16.2. The summed E-state index contributed by atoms with van der Waals surface area (Å²) in [4.78, 5) is 9.57. The summed E-state index contributed by atoms with van der Waals surface area (Å²) < 4.78 is 5.85. The molecule has 3 rings (SSSR count). The van der Waals surface area contributed by atoms with Crippen molar-refractivity contribution in [2.75, 3.05) is 50.8 Å². The van der Waals surface area contributed by atoms with Gasteiger partial charge in [0, 0.05) is 32.7 Å². The van der Waals surface area contributed by atoms with E-state index in [1.165, 1.54) is 0 Å². The molecule has 1 aliphatic heterocycles. The van der Waals surface area contributed by atoms with E-state index < -0.39 is 0 Å². The molecule has 144 valence electrons. The Balaban J connectivity index is 1.37. The first-order chi connectivity index (χ1) is 13.2. The molecule has 0 unspecified atom stereocenters. The third-order valence-corrected chi connectivity index (χ3v) is 4.48. The van der Waals surface area contributed by atoms with Gasteiger partial charge in [-0.1, -0.05) is 16.8 Å². The van der Waals surface area contributed by atoms with Crippen LogP contribution in [0.4, 0.5) is 5.82 Å². The molecule has 0 radical (unpaired) electrons. The number of halogens is 1. The van der Waals surface area contributed by atoms with E-state index in [0.29, 0.717) is 18.4 Å². The molecule has 1 fully saturated rings. The van der Waals surface area contributed by atoms with E-state index >= 15 is 0 Å². The van der Waals surface area contributed by atoms with Crippen molar-refractivity contribution in [2.45, 2.75) is 6.92 Å². The fraction of sp³-hybridized carbons (Fsp3) is 0.421. The summed E-state index contributed by atoms with van der Waals surface area (Å²) in [5.41, 5.74) is 0.984. The monoisotopic (exact) mass is 389 g/mol. The van der Waals surface area contributed by atoms with Crippen LogP contribution in [0.15, 0.2) is 41.6 Å². The number of ether oxygens (including phenoxy) is 1. The Labute approximate surface area is 164 Å². The van der Waals surface area contributed by atoms with Crippen LogP contribution in [0, 0.1) is 0 Å². The molecule has 27 heavy (non-hydrogen) atoms. The standard InChI is InChI=1S/C19H24ClN5O2/c1-2-27-21-15-16-3-5-17(6-4-16)26-14-13-24-9-11-25(12-10-24)19-8-7-18(20)22-23-19/h3-8,15H,2,9-14H2,1H3/b21-15+. The predicted molar refractivity (Wildman–Crippen MR) is 107 cm³/mol. The van der Waals surface area contributed by atoms with E-state index in [1.807, 2.05) is 37.3 Å². The van der Waals surface area contributed by atoms with Crippen LogP contribution in [0.5, 0.6) is 5.75 Å². The maximum absolute atomic E-state index is 5.85. The molecule has 1 aromatic carbocycles. The van der Waals surface area contributed by atoms with Crippen LogP contribution in [-0.4, -0.2) is 67.2 Å². The molecule has 2 aromatic rings. The zero-order chi connectivity index (χ0) is 18.9. The normalized spacial score (nSPS) is 15.3. The number of rotatable bonds is 8. The molecule has 0 atom stereocenters. The van der Waals surface area contributed by atoms with Gasteiger partial charge in [0.25, 0.3) is 0 Å². The number of hydrogen-bond donors (Lipinski definition) is 0. The number of oxime groups is 1. The van der Waals surface area contributed by atoms with Gasteiger partial charge in [-0.05, 0) is 48.9 Å². The lowest BCUT2D eigenvalue weighted by molar-refractivity contribution is 0.160. The minimum absolute atomic E-state index is 0.421. The maximum Gasteiger partial charge on any atom is 0.151 e. The predicted octanol–water partition coefficient (Wildman–Crippen LogP) is 2.70. The molecule has 0 bridgehead atoms. The summed E-state index contributed by atoms with van der Waals surface area (Å²) in [6.45, 7) is 7.81. The van der Waals surface area contributed by atoms with E-state index in [9.17, 15) is 0 Å². The van der Waals surface area contributed by atoms with E-state index in [4.69, 9.17) is 21.2 Å². The van der Waals surface area contributed by atoms with Crippen molar-refractivity contribution in [3.8, 4) is 5.75 Å². The fourth-order valence-electron chi connectivity index (χ4n) is 2.79. The Bertz CT molecular complexity index is 716. The van der Waals surface area contributed by atoms with Crippen LogP contribution < -0.4 is 9.64 Å². The molecule has 0 saturated carbocycles. The summed E-state index contributed by atoms with van der Waals surface area (Å²) in [5.74, 6) is 1.74. The van der Waals surface area contributed by atoms with E-state index in [0.717, 1.165) is 49.9 Å². The van der Waals surface area contributed by atoms with Crippen LogP contribution in [0.1, 0.15) is 12.5 Å². The van der Waals surface area contributed by atoms with Gasteiger partial charge in [-0.3, -0.25) is 4.90 Å². The lowest BCUT2D eigenvalue weighted by Crippen LogP contribution is -2.47. The van der Waals surface area contributed by atoms with Gasteiger partial charge >= 0.3 is 0 Å². The van der Waals surface area contributed by atoms with Crippen LogP contribution in [-0.2, 0) is 4.84 Å². The topological polar surface area (TPSA) is 63.1 Å². The van der Waals surface area contributed by atoms with Gasteiger partial charge in [0.2, 0.25) is 0 Å². The fourth-order valence-corrected chi connectivity index (χ4v) is 2.89. The Morgan fingerprint density at radius 1 is 1.07 bits per heavy atom. The molecule has 0 spiro atoms. The van der Waals surface area contributed by atoms with Gasteiger partial charge in [-0.2, -0.15) is 0 Å². The Kier molecular flexibility index (Phi) is 7.24. The van der Waals surface area contributed by atoms with E-state index in [-0.39, 0.29) is 0 Å². The van der Waals surface area contributed by atoms with Crippen molar-refractivity contribution in [1.29, 1.82) is 0 Å². The third kappa shape index (κ3) is 6.08. The molecule has 1 aromatic heterocycles. The average molecular weight is 390 g/mol. The number of nitrogens with zero attached hydrogens (tertiary/aromatic N) is 5. The number of aromatic nitrogens is 2. The maximum atomic E-state index is 5.85. The first-order valence-corrected chi connectivity index (χ1v) is 9.47. The van der Waals surface area contributed by atoms with Crippen LogP contribution in [0.2, 0.25) is 5.15 Å². The molecule has 0 N–H and O–H groups in total. The lowest BCUT2D eigenvalue weighted by Gasteiger charge is -2.35. The summed E-state index contributed by atoms with van der Waals surface area (Å²) >= 11 is 5.79. The van der Waals surface area contributed by atoms with Gasteiger partial charge in [-0.15, -0.1) is 10.2 Å². The van der Waals surface area contributed by atoms with Crippen LogP contribution in [0.25, 0.3) is 0 Å². The highest BCUT2D eigenvalue weighted by atomic mass is 35.5. The summed E-state index contributed by atoms with van der Waals surface area (Å²) in [7, 11) is 0. The molecule has 7 nitrogen and oxygen atoms in total. The molecule has 0 aliphatic carbocycles. The molecule has 2 heterocycles. The second-order valence-electron chi connectivity index (χ2n) is 6.11. The second kappa shape index (κ2) is 10.1. The smallest absolute Gasteiger partial charge is 0.151 e. The van der Waals surface area contributed by atoms with Crippen LogP contribution in [0.3, 0.4) is 0 Å². The number of anilines is 1. The summed E-state index contributed by atoms with van der Waals surface area (Å²) in [6.07, 6.45) is 1.69. The second-order valence-corrected chi connectivity index (χ2v) is 6.50. The molecular formula is C19H24ClN5O2. The minimum atomic E-state index is 0.421. The molecule has 1 aliphatic rings. The van der Waals surface area contributed by atoms with Gasteiger partial charge in [0.1, 0.15) is 19.0 Å². The Morgan fingerprint density at radius 3 is 2.52 bits per heavy atom. The number of hydrogen-bond acceptors (Lipinski definition) is 7. The minimum Gasteiger partial charge on any atom is -0.492 e. The van der Waals surface area contributed by atoms with Crippen molar-refractivity contribution < 1.29 is 9.57 Å². The van der Waals surface area contributed by atoms with Crippen molar-refractivity contribution in [3.05, 3.63) is 47.1 Å². The quantitative estimate of drug-likeness (QED) is 0.511. The van der Waals surface area contributed by atoms with E-state index in [2.05, 4.69) is 25.2 Å². The highest BCUT2D eigenvalue weighted by molar-refractivity contribution is 6.29. The summed E-state index contributed by atoms with van der Waals surface area (Å²) in [5, 5.41) is 12.3. The Hall–Kier alpha value is -2.38. The molecule has 8 heteroatoms. The number of benzene rings is 1. The highest BCUT2D eigenvalue weighted by Gasteiger charge is 2.18. The third-order valence-electron chi connectivity index (χ3n) is 4.28. The van der Waals surface area contributed by atoms with Gasteiger partial charge in [0.15, 0.2) is 11.0 Å². The van der Waals surface area contributed by atoms with Crippen molar-refractivity contribution in [1.82, 2.24) is 15.1 Å². The molecular weight excluding hydrogens is 366 g/mol. The van der Waals surface area contributed by atoms with Crippen molar-refractivity contribution in [2.24, 2.45) is 5.16 Å². The van der Waals surface area contributed by atoms with Gasteiger partial charge in [0.05, 0.1) is 6.21 Å².